The number of fused-ring (bicyclic) bond motifs is 1. The first kappa shape index (κ1) is 31.7. The molecular formula is C32H41BrN4O5S. The summed E-state index contributed by atoms with van der Waals surface area (Å²) in [4.78, 5) is 46.1. The molecule has 2 aromatic carbocycles. The summed E-state index contributed by atoms with van der Waals surface area (Å²) >= 11 is 5.38. The van der Waals surface area contributed by atoms with E-state index in [2.05, 4.69) is 45.3 Å². The van der Waals surface area contributed by atoms with Crippen LogP contribution < -0.4 is 20.3 Å². The molecule has 7 atom stereocenters. The number of likely N-dealkylation sites (tertiary alicyclic amines) is 1. The number of rotatable bonds is 12. The predicted octanol–water partition coefficient (Wildman–Crippen LogP) is 4.74. The molecule has 3 aliphatic heterocycles. The molecule has 3 N–H and O–H groups in total. The largest absolute Gasteiger partial charge is 0.494 e. The van der Waals surface area contributed by atoms with Crippen molar-refractivity contribution in [2.24, 2.45) is 11.8 Å². The van der Waals surface area contributed by atoms with Crippen LogP contribution in [0.25, 0.3) is 0 Å². The van der Waals surface area contributed by atoms with Crippen LogP contribution in [0.2, 0.25) is 0 Å². The van der Waals surface area contributed by atoms with Gasteiger partial charge in [-0.1, -0.05) is 22.9 Å². The fraction of sp³-hybridized carbons (Fsp3) is 0.531. The molecule has 1 spiro atoms. The molecule has 11 heteroatoms. The number of anilines is 3. The lowest BCUT2D eigenvalue weighted by atomic mass is 9.70. The van der Waals surface area contributed by atoms with Crippen molar-refractivity contribution in [2.45, 2.75) is 67.4 Å². The zero-order valence-electron chi connectivity index (χ0n) is 25.1. The fourth-order valence-electron chi connectivity index (χ4n) is 7.06. The number of nitrogens with one attached hydrogen (secondary N) is 2. The SMILES string of the molecule is CCOc1ccc(NC(=O)[C@H]2[C@@H]3SC4(CC3Br)C(C(=O)Nc3ccc(N(CC)CC)cc3)N([C@@H](CC)CO)C(=O)[C@H]24)cc1. The molecule has 0 aliphatic carbocycles. The van der Waals surface area contributed by atoms with Gasteiger partial charge in [0.15, 0.2) is 0 Å². The lowest BCUT2D eigenvalue weighted by Crippen LogP contribution is -2.55. The highest BCUT2D eigenvalue weighted by Crippen LogP contribution is 2.68. The Morgan fingerprint density at radius 1 is 1.05 bits per heavy atom. The van der Waals surface area contributed by atoms with Gasteiger partial charge in [-0.15, -0.1) is 11.8 Å². The highest BCUT2D eigenvalue weighted by molar-refractivity contribution is 9.09. The number of halogens is 1. The summed E-state index contributed by atoms with van der Waals surface area (Å²) < 4.78 is 4.71. The molecule has 3 heterocycles. The maximum atomic E-state index is 14.3. The third kappa shape index (κ3) is 5.64. The van der Waals surface area contributed by atoms with Crippen molar-refractivity contribution in [3.05, 3.63) is 48.5 Å². The van der Waals surface area contributed by atoms with Crippen LogP contribution in [0.5, 0.6) is 5.75 Å². The Morgan fingerprint density at radius 2 is 1.65 bits per heavy atom. The minimum atomic E-state index is -0.831. The van der Waals surface area contributed by atoms with Crippen LogP contribution >= 0.6 is 27.7 Å². The van der Waals surface area contributed by atoms with E-state index in [0.29, 0.717) is 36.6 Å². The smallest absolute Gasteiger partial charge is 0.248 e. The molecule has 0 aromatic heterocycles. The second-order valence-electron chi connectivity index (χ2n) is 11.3. The van der Waals surface area contributed by atoms with Crippen LogP contribution in [0, 0.1) is 11.8 Å². The summed E-state index contributed by atoms with van der Waals surface area (Å²) in [6, 6.07) is 13.5. The van der Waals surface area contributed by atoms with Crippen LogP contribution in [-0.2, 0) is 14.4 Å². The van der Waals surface area contributed by atoms with Gasteiger partial charge >= 0.3 is 0 Å². The number of hydrogen-bond donors (Lipinski definition) is 3. The number of aliphatic hydroxyl groups is 1. The van der Waals surface area contributed by atoms with E-state index in [4.69, 9.17) is 4.74 Å². The minimum Gasteiger partial charge on any atom is -0.494 e. The van der Waals surface area contributed by atoms with Crippen molar-refractivity contribution in [1.82, 2.24) is 4.90 Å². The molecule has 3 fully saturated rings. The minimum absolute atomic E-state index is 0.0459. The third-order valence-corrected chi connectivity index (χ3v) is 12.3. The zero-order valence-corrected chi connectivity index (χ0v) is 27.5. The lowest BCUT2D eigenvalue weighted by molar-refractivity contribution is -0.141. The molecule has 3 unspecified atom stereocenters. The van der Waals surface area contributed by atoms with Crippen LogP contribution in [-0.4, -0.2) is 80.9 Å². The Balaban J connectivity index is 1.44. The van der Waals surface area contributed by atoms with Gasteiger partial charge in [0.2, 0.25) is 17.7 Å². The molecule has 2 aromatic rings. The Bertz CT molecular complexity index is 1320. The molecule has 2 bridgehead atoms. The van der Waals surface area contributed by atoms with Gasteiger partial charge in [0.1, 0.15) is 11.8 Å². The summed E-state index contributed by atoms with van der Waals surface area (Å²) in [7, 11) is 0. The first-order valence-electron chi connectivity index (χ1n) is 15.2. The summed E-state index contributed by atoms with van der Waals surface area (Å²) in [5.74, 6) is -1.37. The van der Waals surface area contributed by atoms with E-state index in [1.807, 2.05) is 38.1 Å². The van der Waals surface area contributed by atoms with Crippen LogP contribution in [0.3, 0.4) is 0 Å². The molecular weight excluding hydrogens is 632 g/mol. The van der Waals surface area contributed by atoms with Crippen molar-refractivity contribution in [3.8, 4) is 5.75 Å². The van der Waals surface area contributed by atoms with Gasteiger partial charge in [-0.2, -0.15) is 0 Å². The van der Waals surface area contributed by atoms with Crippen LogP contribution in [0.15, 0.2) is 48.5 Å². The van der Waals surface area contributed by atoms with E-state index in [9.17, 15) is 19.5 Å². The monoisotopic (exact) mass is 672 g/mol. The second-order valence-corrected chi connectivity index (χ2v) is 14.0. The number of carbonyl (C=O) groups excluding carboxylic acids is 3. The number of hydrogen-bond acceptors (Lipinski definition) is 7. The van der Waals surface area contributed by atoms with Crippen molar-refractivity contribution < 1.29 is 24.2 Å². The average Bonchev–Trinajstić information content (AvgIpc) is 3.60. The number of benzene rings is 2. The number of thioether (sulfide) groups is 1. The van der Waals surface area contributed by atoms with Gasteiger partial charge in [-0.3, -0.25) is 14.4 Å². The Morgan fingerprint density at radius 3 is 2.21 bits per heavy atom. The van der Waals surface area contributed by atoms with Crippen molar-refractivity contribution in [3.63, 3.8) is 0 Å². The number of amides is 3. The molecule has 0 radical (unpaired) electrons. The molecule has 232 valence electrons. The quantitative estimate of drug-likeness (QED) is 0.279. The van der Waals surface area contributed by atoms with Crippen molar-refractivity contribution in [2.75, 3.05) is 41.8 Å². The van der Waals surface area contributed by atoms with Crippen molar-refractivity contribution >= 4 is 62.5 Å². The topological polar surface area (TPSA) is 111 Å². The third-order valence-electron chi connectivity index (χ3n) is 9.05. The average molecular weight is 674 g/mol. The lowest BCUT2D eigenvalue weighted by Gasteiger charge is -2.37. The molecule has 3 aliphatic rings. The molecule has 3 amide bonds. The number of aliphatic hydroxyl groups excluding tert-OH is 1. The maximum absolute atomic E-state index is 14.3. The summed E-state index contributed by atoms with van der Waals surface area (Å²) in [5, 5.41) is 16.2. The van der Waals surface area contributed by atoms with Gasteiger partial charge in [-0.25, -0.2) is 0 Å². The second kappa shape index (κ2) is 13.1. The maximum Gasteiger partial charge on any atom is 0.248 e. The number of alkyl halides is 1. The van der Waals surface area contributed by atoms with E-state index in [0.717, 1.165) is 18.8 Å². The van der Waals surface area contributed by atoms with E-state index >= 15 is 0 Å². The summed E-state index contributed by atoms with van der Waals surface area (Å²) in [6.45, 7) is 10.1. The zero-order chi connectivity index (χ0) is 30.9. The van der Waals surface area contributed by atoms with Gasteiger partial charge in [0, 0.05) is 40.2 Å². The molecule has 3 saturated heterocycles. The highest BCUT2D eigenvalue weighted by Gasteiger charge is 2.76. The van der Waals surface area contributed by atoms with Gasteiger partial charge in [0.25, 0.3) is 0 Å². The standard InChI is InChI=1S/C32H41BrN4O5S/c1-5-21(18-38)37-28(30(40)35-19-9-13-22(14-10-19)36(6-2)7-3)32-17-24(33)27(43-32)25(26(32)31(37)41)29(39)34-20-11-15-23(16-12-20)42-8-4/h9-16,21,24-28,38H,5-8,17-18H2,1-4H3,(H,34,39)(H,35,40)/t21-,24?,25+,26-,27+,28?,32?/m0/s1. The summed E-state index contributed by atoms with van der Waals surface area (Å²) in [5.41, 5.74) is 2.33. The molecule has 9 nitrogen and oxygen atoms in total. The molecule has 5 rings (SSSR count). The number of nitrogens with zero attached hydrogens (tertiary/aromatic N) is 2. The Labute approximate surface area is 266 Å². The first-order chi connectivity index (χ1) is 20.7. The van der Waals surface area contributed by atoms with E-state index in [1.165, 1.54) is 0 Å². The van der Waals surface area contributed by atoms with Crippen molar-refractivity contribution in [1.29, 1.82) is 0 Å². The predicted molar refractivity (Wildman–Crippen MR) is 175 cm³/mol. The summed E-state index contributed by atoms with van der Waals surface area (Å²) in [6.07, 6.45) is 1.06. The fourth-order valence-corrected chi connectivity index (χ4v) is 10.7. The Hall–Kier alpha value is -2.76. The number of carbonyl (C=O) groups is 3. The molecule has 43 heavy (non-hydrogen) atoms. The van der Waals surface area contributed by atoms with Gasteiger partial charge in [0.05, 0.1) is 35.8 Å². The van der Waals surface area contributed by atoms with E-state index in [-0.39, 0.29) is 34.4 Å². The Kier molecular flexibility index (Phi) is 9.63. The normalized spacial score (nSPS) is 28.0. The van der Waals surface area contributed by atoms with Gasteiger partial charge < -0.3 is 30.3 Å². The number of ether oxygens (including phenoxy) is 1. The van der Waals surface area contributed by atoms with Crippen LogP contribution in [0.4, 0.5) is 17.1 Å². The molecule has 0 saturated carbocycles. The van der Waals surface area contributed by atoms with Gasteiger partial charge in [-0.05, 0) is 82.1 Å². The first-order valence-corrected chi connectivity index (χ1v) is 17.0. The van der Waals surface area contributed by atoms with E-state index < -0.39 is 28.7 Å². The van der Waals surface area contributed by atoms with Crippen LogP contribution in [0.1, 0.15) is 40.5 Å². The highest BCUT2D eigenvalue weighted by atomic mass is 79.9. The van der Waals surface area contributed by atoms with E-state index in [1.54, 1.807) is 40.9 Å².